The van der Waals surface area contributed by atoms with Crippen LogP contribution in [-0.4, -0.2) is 52.1 Å². The van der Waals surface area contributed by atoms with Crippen LogP contribution in [0, 0.1) is 11.8 Å². The minimum Gasteiger partial charge on any atom is -0.352 e. The minimum absolute atomic E-state index is 0.0214. The Morgan fingerprint density at radius 1 is 0.975 bits per heavy atom. The van der Waals surface area contributed by atoms with E-state index in [1.54, 1.807) is 18.2 Å². The quantitative estimate of drug-likeness (QED) is 0.291. The number of nitrogens with zero attached hydrogens (tertiary/aromatic N) is 2. The maximum atomic E-state index is 13.9. The van der Waals surface area contributed by atoms with Crippen molar-refractivity contribution in [1.82, 2.24) is 15.1 Å². The third-order valence-electron chi connectivity index (χ3n) is 7.76. The van der Waals surface area contributed by atoms with E-state index in [1.807, 2.05) is 56.3 Å². The Balaban J connectivity index is 1.61. The van der Waals surface area contributed by atoms with E-state index < -0.39 is 6.04 Å². The summed E-state index contributed by atoms with van der Waals surface area (Å²) in [4.78, 5) is 56.3. The van der Waals surface area contributed by atoms with Crippen molar-refractivity contribution in [2.24, 2.45) is 11.8 Å². The van der Waals surface area contributed by atoms with Gasteiger partial charge in [-0.1, -0.05) is 78.7 Å². The molecule has 4 atom stereocenters. The van der Waals surface area contributed by atoms with Crippen LogP contribution in [0.2, 0.25) is 10.0 Å². The number of imide groups is 1. The van der Waals surface area contributed by atoms with Crippen molar-refractivity contribution in [3.63, 3.8) is 0 Å². The Kier molecular flexibility index (Phi) is 10.0. The Hall–Kier alpha value is -3.16. The number of benzene rings is 2. The van der Waals surface area contributed by atoms with Crippen LogP contribution in [0.5, 0.6) is 0 Å². The number of rotatable bonds is 11. The number of nitrogens with one attached hydrogen (secondary N) is 1. The topological polar surface area (TPSA) is 86.8 Å². The van der Waals surface area contributed by atoms with E-state index in [0.29, 0.717) is 34.9 Å². The van der Waals surface area contributed by atoms with Crippen LogP contribution >= 0.6 is 23.2 Å². The number of allylic oxidation sites excluding steroid dienone is 2. The molecule has 4 rings (SSSR count). The molecule has 0 saturated carbocycles. The first-order valence-corrected chi connectivity index (χ1v) is 14.5. The molecule has 4 amide bonds. The average molecular weight is 585 g/mol. The van der Waals surface area contributed by atoms with Crippen molar-refractivity contribution >= 4 is 46.8 Å². The van der Waals surface area contributed by atoms with Gasteiger partial charge < -0.3 is 10.2 Å². The van der Waals surface area contributed by atoms with E-state index in [0.717, 1.165) is 12.0 Å². The third-order valence-corrected chi connectivity index (χ3v) is 8.50. The van der Waals surface area contributed by atoms with Gasteiger partial charge in [0.25, 0.3) is 0 Å². The van der Waals surface area contributed by atoms with Gasteiger partial charge in [0.2, 0.25) is 23.6 Å². The summed E-state index contributed by atoms with van der Waals surface area (Å²) < 4.78 is 0. The Morgan fingerprint density at radius 3 is 2.23 bits per heavy atom. The van der Waals surface area contributed by atoms with Gasteiger partial charge in [0, 0.05) is 32.0 Å². The van der Waals surface area contributed by atoms with Gasteiger partial charge >= 0.3 is 0 Å². The molecule has 2 aromatic carbocycles. The first-order chi connectivity index (χ1) is 19.2. The number of carbonyl (C=O) groups is 4. The highest BCUT2D eigenvalue weighted by molar-refractivity contribution is 6.42. The highest BCUT2D eigenvalue weighted by atomic mass is 35.5. The first-order valence-electron chi connectivity index (χ1n) is 13.8. The fourth-order valence-corrected chi connectivity index (χ4v) is 5.59. The van der Waals surface area contributed by atoms with Crippen molar-refractivity contribution in [2.75, 3.05) is 6.54 Å². The summed E-state index contributed by atoms with van der Waals surface area (Å²) in [6, 6.07) is 13.7. The highest BCUT2D eigenvalue weighted by Gasteiger charge is 2.47. The lowest BCUT2D eigenvalue weighted by atomic mass is 9.85. The molecule has 1 aliphatic heterocycles. The normalized spacial score (nSPS) is 19.8. The second-order valence-electron chi connectivity index (χ2n) is 10.5. The zero-order valence-electron chi connectivity index (χ0n) is 22.8. The van der Waals surface area contributed by atoms with Crippen molar-refractivity contribution < 1.29 is 19.2 Å². The fraction of sp³-hybridized carbons (Fsp3) is 0.419. The molecule has 0 bridgehead atoms. The maximum absolute atomic E-state index is 13.9. The standard InChI is InChI=1S/C31H35Cl2N3O4/c1-3-20(2)34-29(38)27(18-21-9-5-4-6-10-21)36(19-22-13-14-25(32)26(33)17-22)28(37)15-16-35-30(39)23-11-7-8-12-24(23)31(35)40/h4-10,13-14,17,20,23-24,27H,3,11-12,15-16,18-19H2,1-2H3,(H,34,38)/t20-,23-,24+,27+/m0/s1. The molecular weight excluding hydrogens is 549 g/mol. The summed E-state index contributed by atoms with van der Waals surface area (Å²) in [5.41, 5.74) is 1.61. The van der Waals surface area contributed by atoms with Gasteiger partial charge in [-0.2, -0.15) is 0 Å². The van der Waals surface area contributed by atoms with Crippen LogP contribution in [-0.2, 0) is 32.1 Å². The maximum Gasteiger partial charge on any atom is 0.243 e. The average Bonchev–Trinajstić information content (AvgIpc) is 3.20. The van der Waals surface area contributed by atoms with Crippen molar-refractivity contribution in [3.05, 3.63) is 81.9 Å². The Bertz CT molecular complexity index is 1260. The molecule has 9 heteroatoms. The van der Waals surface area contributed by atoms with Crippen molar-refractivity contribution in [1.29, 1.82) is 0 Å². The Morgan fingerprint density at radius 2 is 1.62 bits per heavy atom. The summed E-state index contributed by atoms with van der Waals surface area (Å²) >= 11 is 12.4. The summed E-state index contributed by atoms with van der Waals surface area (Å²) in [6.45, 7) is 3.99. The second-order valence-corrected chi connectivity index (χ2v) is 11.3. The van der Waals surface area contributed by atoms with E-state index in [9.17, 15) is 19.2 Å². The van der Waals surface area contributed by atoms with Gasteiger partial charge in [0.1, 0.15) is 6.04 Å². The highest BCUT2D eigenvalue weighted by Crippen LogP contribution is 2.35. The van der Waals surface area contributed by atoms with E-state index >= 15 is 0 Å². The van der Waals surface area contributed by atoms with Crippen LogP contribution in [0.25, 0.3) is 0 Å². The molecule has 7 nitrogen and oxygen atoms in total. The van der Waals surface area contributed by atoms with E-state index in [1.165, 1.54) is 9.80 Å². The lowest BCUT2D eigenvalue weighted by Gasteiger charge is -2.33. The van der Waals surface area contributed by atoms with Gasteiger partial charge in [-0.25, -0.2) is 0 Å². The zero-order chi connectivity index (χ0) is 28.8. The SMILES string of the molecule is CC[C@H](C)NC(=O)[C@@H](Cc1ccccc1)N(Cc1ccc(Cl)c(Cl)c1)C(=O)CCN1C(=O)[C@H]2CC=CC[C@H]2C1=O. The van der Waals surface area contributed by atoms with Crippen LogP contribution in [0.4, 0.5) is 0 Å². The summed E-state index contributed by atoms with van der Waals surface area (Å²) in [6.07, 6.45) is 5.90. The predicted molar refractivity (Wildman–Crippen MR) is 156 cm³/mol. The molecule has 1 N–H and O–H groups in total. The number of halogens is 2. The first kappa shape index (κ1) is 29.8. The fourth-order valence-electron chi connectivity index (χ4n) is 5.27. The molecule has 1 saturated heterocycles. The number of fused-ring (bicyclic) bond motifs is 1. The molecule has 212 valence electrons. The molecule has 2 aliphatic rings. The van der Waals surface area contributed by atoms with Crippen molar-refractivity contribution in [2.45, 2.75) is 64.6 Å². The van der Waals surface area contributed by atoms with Gasteiger partial charge in [0.05, 0.1) is 21.9 Å². The lowest BCUT2D eigenvalue weighted by Crippen LogP contribution is -2.52. The van der Waals surface area contributed by atoms with Crippen LogP contribution in [0.3, 0.4) is 0 Å². The lowest BCUT2D eigenvalue weighted by molar-refractivity contribution is -0.144. The number of hydrogen-bond acceptors (Lipinski definition) is 4. The van der Waals surface area contributed by atoms with E-state index in [2.05, 4.69) is 5.32 Å². The molecule has 0 unspecified atom stereocenters. The number of carbonyl (C=O) groups excluding carboxylic acids is 4. The molecule has 0 aromatic heterocycles. The zero-order valence-corrected chi connectivity index (χ0v) is 24.3. The smallest absolute Gasteiger partial charge is 0.243 e. The molecular formula is C31H35Cl2N3O4. The molecule has 2 aromatic rings. The van der Waals surface area contributed by atoms with E-state index in [4.69, 9.17) is 23.2 Å². The molecule has 1 aliphatic carbocycles. The Labute approximate surface area is 245 Å². The molecule has 40 heavy (non-hydrogen) atoms. The van der Waals surface area contributed by atoms with Crippen LogP contribution < -0.4 is 5.32 Å². The van der Waals surface area contributed by atoms with Gasteiger partial charge in [-0.15, -0.1) is 0 Å². The van der Waals surface area contributed by atoms with E-state index in [-0.39, 0.29) is 61.0 Å². The minimum atomic E-state index is -0.824. The molecule has 1 heterocycles. The van der Waals surface area contributed by atoms with Crippen LogP contribution in [0.1, 0.15) is 50.7 Å². The monoisotopic (exact) mass is 583 g/mol. The number of amides is 4. The van der Waals surface area contributed by atoms with Crippen LogP contribution in [0.15, 0.2) is 60.7 Å². The summed E-state index contributed by atoms with van der Waals surface area (Å²) in [5.74, 6) is -1.76. The molecule has 1 fully saturated rings. The summed E-state index contributed by atoms with van der Waals surface area (Å²) in [7, 11) is 0. The van der Waals surface area contributed by atoms with Gasteiger partial charge in [-0.3, -0.25) is 24.1 Å². The summed E-state index contributed by atoms with van der Waals surface area (Å²) in [5, 5.41) is 3.77. The third kappa shape index (κ3) is 6.94. The molecule has 0 radical (unpaired) electrons. The van der Waals surface area contributed by atoms with Gasteiger partial charge in [-0.05, 0) is 49.4 Å². The largest absolute Gasteiger partial charge is 0.352 e. The molecule has 0 spiro atoms. The van der Waals surface area contributed by atoms with Crippen molar-refractivity contribution in [3.8, 4) is 0 Å². The number of likely N-dealkylation sites (tertiary alicyclic amines) is 1. The number of hydrogen-bond donors (Lipinski definition) is 1. The van der Waals surface area contributed by atoms with Gasteiger partial charge in [0.15, 0.2) is 0 Å². The second kappa shape index (κ2) is 13.5. The predicted octanol–water partition coefficient (Wildman–Crippen LogP) is 5.19.